The molecule has 0 aromatic heterocycles. The van der Waals surface area contributed by atoms with Crippen LogP contribution in [0.15, 0.2) is 0 Å². The Morgan fingerprint density at radius 2 is 2.21 bits per heavy atom. The number of hydrogen-bond donors (Lipinski definition) is 1. The van der Waals surface area contributed by atoms with Crippen molar-refractivity contribution in [2.24, 2.45) is 11.8 Å². The first-order valence-corrected chi connectivity index (χ1v) is 5.46. The lowest BCUT2D eigenvalue weighted by atomic mass is 10.1. The van der Waals surface area contributed by atoms with Gasteiger partial charge in [0.2, 0.25) is 0 Å². The van der Waals surface area contributed by atoms with E-state index in [1.54, 1.807) is 0 Å². The second kappa shape index (κ2) is 5.20. The van der Waals surface area contributed by atoms with E-state index in [1.165, 1.54) is 17.9 Å². The third-order valence-electron chi connectivity index (χ3n) is 2.66. The van der Waals surface area contributed by atoms with E-state index >= 15 is 0 Å². The van der Waals surface area contributed by atoms with Gasteiger partial charge in [0.25, 0.3) is 0 Å². The van der Waals surface area contributed by atoms with Crippen LogP contribution in [0.1, 0.15) is 33.1 Å². The molecular weight excluding hydrogens is 178 g/mol. The summed E-state index contributed by atoms with van der Waals surface area (Å²) in [7, 11) is 0. The molecule has 0 saturated carbocycles. The lowest BCUT2D eigenvalue weighted by Gasteiger charge is -2.34. The predicted molar refractivity (Wildman–Crippen MR) is 56.6 cm³/mol. The van der Waals surface area contributed by atoms with E-state index < -0.39 is 0 Å². The standard InChI is InChI=1S/C10H21N3O/c1-3-5-9(2)8-12-6-4-7-13(11)10(12)14/h9H,3-8,11H2,1-2H3. The summed E-state index contributed by atoms with van der Waals surface area (Å²) in [5, 5.41) is 1.32. The Morgan fingerprint density at radius 1 is 1.50 bits per heavy atom. The highest BCUT2D eigenvalue weighted by Gasteiger charge is 2.23. The van der Waals surface area contributed by atoms with Gasteiger partial charge >= 0.3 is 6.03 Å². The largest absolute Gasteiger partial charge is 0.334 e. The van der Waals surface area contributed by atoms with Crippen molar-refractivity contribution in [3.8, 4) is 0 Å². The lowest BCUT2D eigenvalue weighted by molar-refractivity contribution is 0.122. The number of hydrogen-bond acceptors (Lipinski definition) is 2. The van der Waals surface area contributed by atoms with E-state index in [4.69, 9.17) is 5.84 Å². The van der Waals surface area contributed by atoms with Crippen molar-refractivity contribution in [2.75, 3.05) is 19.6 Å². The summed E-state index contributed by atoms with van der Waals surface area (Å²) < 4.78 is 0. The maximum Gasteiger partial charge on any atom is 0.334 e. The van der Waals surface area contributed by atoms with Crippen molar-refractivity contribution in [1.29, 1.82) is 0 Å². The number of carbonyl (C=O) groups is 1. The SMILES string of the molecule is CCCC(C)CN1CCCN(N)C1=O. The smallest absolute Gasteiger partial charge is 0.323 e. The monoisotopic (exact) mass is 199 g/mol. The molecule has 14 heavy (non-hydrogen) atoms. The molecule has 0 spiro atoms. The minimum absolute atomic E-state index is 0.0146. The first-order chi connectivity index (χ1) is 6.65. The summed E-state index contributed by atoms with van der Waals surface area (Å²) in [5.74, 6) is 6.14. The number of amides is 2. The average molecular weight is 199 g/mol. The minimum atomic E-state index is -0.0146. The van der Waals surface area contributed by atoms with Crippen LogP contribution in [-0.2, 0) is 0 Å². The Morgan fingerprint density at radius 3 is 2.86 bits per heavy atom. The highest BCUT2D eigenvalue weighted by Crippen LogP contribution is 2.12. The highest BCUT2D eigenvalue weighted by atomic mass is 16.2. The van der Waals surface area contributed by atoms with E-state index in [9.17, 15) is 4.79 Å². The van der Waals surface area contributed by atoms with Crippen molar-refractivity contribution >= 4 is 6.03 Å². The molecule has 1 atom stereocenters. The molecule has 2 amide bonds. The van der Waals surface area contributed by atoms with E-state index in [2.05, 4.69) is 13.8 Å². The summed E-state index contributed by atoms with van der Waals surface area (Å²) in [4.78, 5) is 13.5. The zero-order chi connectivity index (χ0) is 10.6. The van der Waals surface area contributed by atoms with Crippen molar-refractivity contribution < 1.29 is 4.79 Å². The molecule has 2 N–H and O–H groups in total. The van der Waals surface area contributed by atoms with Crippen LogP contribution < -0.4 is 5.84 Å². The summed E-state index contributed by atoms with van der Waals surface area (Å²) in [5.41, 5.74) is 0. The second-order valence-electron chi connectivity index (χ2n) is 4.17. The molecule has 0 aromatic rings. The summed E-state index contributed by atoms with van der Waals surface area (Å²) in [6, 6.07) is -0.0146. The second-order valence-corrected chi connectivity index (χ2v) is 4.17. The Labute approximate surface area is 86.0 Å². The van der Waals surface area contributed by atoms with Crippen LogP contribution in [0.4, 0.5) is 4.79 Å². The van der Waals surface area contributed by atoms with Crippen molar-refractivity contribution in [1.82, 2.24) is 9.91 Å². The average Bonchev–Trinajstić information content (AvgIpc) is 2.13. The highest BCUT2D eigenvalue weighted by molar-refractivity contribution is 5.74. The van der Waals surface area contributed by atoms with E-state index in [1.807, 2.05) is 4.90 Å². The molecule has 0 aliphatic carbocycles. The molecule has 1 aliphatic heterocycles. The third-order valence-corrected chi connectivity index (χ3v) is 2.66. The van der Waals surface area contributed by atoms with Gasteiger partial charge in [-0.3, -0.25) is 5.01 Å². The molecule has 1 unspecified atom stereocenters. The summed E-state index contributed by atoms with van der Waals surface area (Å²) >= 11 is 0. The van der Waals surface area contributed by atoms with Crippen molar-refractivity contribution in [3.05, 3.63) is 0 Å². The number of nitrogens with two attached hydrogens (primary N) is 1. The first-order valence-electron chi connectivity index (χ1n) is 5.46. The molecule has 1 aliphatic rings. The molecule has 1 rings (SSSR count). The quantitative estimate of drug-likeness (QED) is 0.550. The van der Waals surface area contributed by atoms with Gasteiger partial charge in [-0.05, 0) is 18.8 Å². The molecule has 1 heterocycles. The Hall–Kier alpha value is -0.770. The molecule has 1 fully saturated rings. The fraction of sp³-hybridized carbons (Fsp3) is 0.900. The minimum Gasteiger partial charge on any atom is -0.323 e. The van der Waals surface area contributed by atoms with Crippen molar-refractivity contribution in [2.45, 2.75) is 33.1 Å². The van der Waals surface area contributed by atoms with Gasteiger partial charge in [0.15, 0.2) is 0 Å². The maximum atomic E-state index is 11.6. The zero-order valence-electron chi connectivity index (χ0n) is 9.20. The predicted octanol–water partition coefficient (Wildman–Crippen LogP) is 1.42. The lowest BCUT2D eigenvalue weighted by Crippen LogP contribution is -2.53. The van der Waals surface area contributed by atoms with Gasteiger partial charge in [-0.15, -0.1) is 0 Å². The van der Waals surface area contributed by atoms with Crippen LogP contribution in [0.25, 0.3) is 0 Å². The summed E-state index contributed by atoms with van der Waals surface area (Å²) in [6.45, 7) is 6.76. The van der Waals surface area contributed by atoms with Gasteiger partial charge in [0.05, 0.1) is 0 Å². The van der Waals surface area contributed by atoms with Crippen LogP contribution in [0.2, 0.25) is 0 Å². The van der Waals surface area contributed by atoms with Gasteiger partial charge in [0, 0.05) is 19.6 Å². The Balaban J connectivity index is 2.39. The van der Waals surface area contributed by atoms with Crippen LogP contribution in [0.5, 0.6) is 0 Å². The van der Waals surface area contributed by atoms with E-state index in [0.29, 0.717) is 12.5 Å². The van der Waals surface area contributed by atoms with E-state index in [0.717, 1.165) is 19.5 Å². The number of rotatable bonds is 4. The Kier molecular flexibility index (Phi) is 4.20. The Bertz CT molecular complexity index is 196. The summed E-state index contributed by atoms with van der Waals surface area (Å²) in [6.07, 6.45) is 3.34. The molecule has 0 bridgehead atoms. The van der Waals surface area contributed by atoms with Crippen molar-refractivity contribution in [3.63, 3.8) is 0 Å². The molecule has 1 saturated heterocycles. The molecule has 0 aromatic carbocycles. The van der Waals surface area contributed by atoms with Crippen LogP contribution in [0.3, 0.4) is 0 Å². The molecule has 4 nitrogen and oxygen atoms in total. The number of urea groups is 1. The van der Waals surface area contributed by atoms with Crippen LogP contribution >= 0.6 is 0 Å². The zero-order valence-corrected chi connectivity index (χ0v) is 9.20. The third kappa shape index (κ3) is 2.87. The normalized spacial score (nSPS) is 20.1. The van der Waals surface area contributed by atoms with Crippen LogP contribution in [0, 0.1) is 5.92 Å². The van der Waals surface area contributed by atoms with Gasteiger partial charge in [-0.1, -0.05) is 20.3 Å². The molecule has 0 radical (unpaired) electrons. The molecule has 4 heteroatoms. The molecular formula is C10H21N3O. The van der Waals surface area contributed by atoms with Crippen LogP contribution in [-0.4, -0.2) is 35.6 Å². The van der Waals surface area contributed by atoms with Gasteiger partial charge in [0.1, 0.15) is 0 Å². The van der Waals surface area contributed by atoms with Gasteiger partial charge < -0.3 is 4.90 Å². The van der Waals surface area contributed by atoms with Gasteiger partial charge in [-0.2, -0.15) is 0 Å². The molecule has 82 valence electrons. The fourth-order valence-electron chi connectivity index (χ4n) is 1.93. The fourth-order valence-corrected chi connectivity index (χ4v) is 1.93. The number of nitrogens with zero attached hydrogens (tertiary/aromatic N) is 2. The maximum absolute atomic E-state index is 11.6. The number of hydrazine groups is 1. The van der Waals surface area contributed by atoms with Gasteiger partial charge in [-0.25, -0.2) is 10.6 Å². The number of carbonyl (C=O) groups excluding carboxylic acids is 1. The van der Waals surface area contributed by atoms with E-state index in [-0.39, 0.29) is 6.03 Å². The topological polar surface area (TPSA) is 49.6 Å². The first kappa shape index (κ1) is 11.3.